The lowest BCUT2D eigenvalue weighted by Gasteiger charge is -2.36. The zero-order valence-corrected chi connectivity index (χ0v) is 16.1. The largest absolute Gasteiger partial charge is 0.0654 e. The molecule has 1 rings (SSSR count). The van der Waals surface area contributed by atoms with Crippen LogP contribution in [0.25, 0.3) is 0 Å². The zero-order valence-electron chi connectivity index (χ0n) is 16.1. The highest BCUT2D eigenvalue weighted by Crippen LogP contribution is 2.40. The molecule has 0 saturated heterocycles. The van der Waals surface area contributed by atoms with E-state index in [-0.39, 0.29) is 0 Å². The van der Waals surface area contributed by atoms with E-state index in [1.54, 1.807) is 12.8 Å². The summed E-state index contributed by atoms with van der Waals surface area (Å²) < 4.78 is 0. The van der Waals surface area contributed by atoms with Crippen molar-refractivity contribution in [3.63, 3.8) is 0 Å². The summed E-state index contributed by atoms with van der Waals surface area (Å²) in [6.07, 6.45) is 16.0. The van der Waals surface area contributed by atoms with Gasteiger partial charge < -0.3 is 0 Å². The van der Waals surface area contributed by atoms with Crippen LogP contribution in [-0.2, 0) is 0 Å². The molecule has 0 radical (unpaired) electrons. The molecule has 0 heterocycles. The Balaban J connectivity index is 0.000000885. The monoisotopic (exact) mass is 296 g/mol. The third-order valence-corrected chi connectivity index (χ3v) is 5.23. The fourth-order valence-electron chi connectivity index (χ4n) is 3.12. The van der Waals surface area contributed by atoms with Crippen molar-refractivity contribution in [2.45, 2.75) is 112 Å². The molecule has 0 heteroatoms. The zero-order chi connectivity index (χ0) is 16.1. The summed E-state index contributed by atoms with van der Waals surface area (Å²) >= 11 is 0. The van der Waals surface area contributed by atoms with Gasteiger partial charge in [0, 0.05) is 0 Å². The Labute approximate surface area is 136 Å². The summed E-state index contributed by atoms with van der Waals surface area (Å²) in [4.78, 5) is 0. The minimum Gasteiger partial charge on any atom is -0.0654 e. The molecule has 0 bridgehead atoms. The molecule has 0 nitrogen and oxygen atoms in total. The molecule has 0 amide bonds. The lowest BCUT2D eigenvalue weighted by Crippen LogP contribution is -2.23. The summed E-state index contributed by atoms with van der Waals surface area (Å²) in [7, 11) is 0. The average molecular weight is 297 g/mol. The second kappa shape index (κ2) is 13.6. The maximum atomic E-state index is 2.40. The third-order valence-electron chi connectivity index (χ3n) is 5.23. The fraction of sp³-hybridized carbons (Fsp3) is 1.00. The van der Waals surface area contributed by atoms with E-state index in [9.17, 15) is 0 Å². The molecule has 0 aromatic heterocycles. The molecule has 1 aliphatic carbocycles. The van der Waals surface area contributed by atoms with Gasteiger partial charge in [0.25, 0.3) is 0 Å². The van der Waals surface area contributed by atoms with E-state index in [0.717, 1.165) is 23.7 Å². The molecule has 0 N–H and O–H groups in total. The van der Waals surface area contributed by atoms with Gasteiger partial charge in [-0.2, -0.15) is 0 Å². The van der Waals surface area contributed by atoms with Crippen molar-refractivity contribution in [3.8, 4) is 0 Å². The lowest BCUT2D eigenvalue weighted by atomic mass is 9.70. The van der Waals surface area contributed by atoms with Crippen LogP contribution in [0.15, 0.2) is 0 Å². The van der Waals surface area contributed by atoms with Crippen molar-refractivity contribution in [2.75, 3.05) is 0 Å². The van der Waals surface area contributed by atoms with E-state index in [0.29, 0.717) is 0 Å². The predicted molar refractivity (Wildman–Crippen MR) is 98.8 cm³/mol. The van der Waals surface area contributed by atoms with Gasteiger partial charge in [-0.05, 0) is 36.5 Å². The molecule has 0 aromatic rings. The van der Waals surface area contributed by atoms with Crippen LogP contribution in [0.2, 0.25) is 0 Å². The normalized spacial score (nSPS) is 22.4. The van der Waals surface area contributed by atoms with Gasteiger partial charge in [-0.15, -0.1) is 0 Å². The van der Waals surface area contributed by atoms with Crippen LogP contribution in [-0.4, -0.2) is 0 Å². The molecule has 1 fully saturated rings. The lowest BCUT2D eigenvalue weighted by molar-refractivity contribution is 0.161. The first kappa shape index (κ1) is 21.0. The Morgan fingerprint density at radius 1 is 0.762 bits per heavy atom. The molecule has 0 aliphatic heterocycles. The number of hydrogen-bond donors (Lipinski definition) is 0. The summed E-state index contributed by atoms with van der Waals surface area (Å²) in [5, 5.41) is 0. The van der Waals surface area contributed by atoms with Crippen LogP contribution in [0.4, 0.5) is 0 Å². The Bertz CT molecular complexity index is 198. The van der Waals surface area contributed by atoms with Crippen molar-refractivity contribution in [2.24, 2.45) is 23.7 Å². The Kier molecular flexibility index (Phi) is 13.6. The van der Waals surface area contributed by atoms with Gasteiger partial charge in [0.05, 0.1) is 0 Å². The van der Waals surface area contributed by atoms with Crippen molar-refractivity contribution in [1.29, 1.82) is 0 Å². The number of hydrogen-bond acceptors (Lipinski definition) is 0. The molecule has 1 saturated carbocycles. The smallest absolute Gasteiger partial charge is 0.0409 e. The molecular weight excluding hydrogens is 252 g/mol. The second-order valence-corrected chi connectivity index (χ2v) is 7.97. The van der Waals surface area contributed by atoms with Crippen LogP contribution in [0, 0.1) is 23.7 Å². The van der Waals surface area contributed by atoms with Crippen LogP contribution in [0.5, 0.6) is 0 Å². The Morgan fingerprint density at radius 2 is 1.24 bits per heavy atom. The summed E-state index contributed by atoms with van der Waals surface area (Å²) in [6, 6.07) is 0. The molecule has 0 aromatic carbocycles. The molecule has 1 atom stereocenters. The maximum Gasteiger partial charge on any atom is -0.0409 e. The molecule has 1 aliphatic rings. The molecule has 128 valence electrons. The summed E-state index contributed by atoms with van der Waals surface area (Å²) in [5.74, 6) is 4.06. The van der Waals surface area contributed by atoms with Crippen LogP contribution >= 0.6 is 0 Å². The van der Waals surface area contributed by atoms with Crippen LogP contribution in [0.3, 0.4) is 0 Å². The average Bonchev–Trinajstić information content (AvgIpc) is 2.43. The van der Waals surface area contributed by atoms with Gasteiger partial charge >= 0.3 is 0 Å². The highest BCUT2D eigenvalue weighted by molar-refractivity contribution is 4.79. The van der Waals surface area contributed by atoms with Crippen molar-refractivity contribution in [1.82, 2.24) is 0 Å². The quantitative estimate of drug-likeness (QED) is 0.385. The first-order valence-electron chi connectivity index (χ1n) is 10.0. The van der Waals surface area contributed by atoms with E-state index >= 15 is 0 Å². The molecular formula is C21H44. The van der Waals surface area contributed by atoms with Crippen LogP contribution < -0.4 is 0 Å². The van der Waals surface area contributed by atoms with E-state index in [1.165, 1.54) is 57.8 Å². The fourth-order valence-corrected chi connectivity index (χ4v) is 3.12. The van der Waals surface area contributed by atoms with Crippen molar-refractivity contribution >= 4 is 0 Å². The first-order chi connectivity index (χ1) is 10.0. The van der Waals surface area contributed by atoms with Gasteiger partial charge in [-0.3, -0.25) is 0 Å². The Morgan fingerprint density at radius 3 is 1.62 bits per heavy atom. The van der Waals surface area contributed by atoms with Gasteiger partial charge in [0.2, 0.25) is 0 Å². The van der Waals surface area contributed by atoms with Gasteiger partial charge in [0.1, 0.15) is 0 Å². The number of rotatable bonds is 10. The molecule has 0 spiro atoms. The van der Waals surface area contributed by atoms with E-state index < -0.39 is 0 Å². The number of unbranched alkanes of at least 4 members (excludes halogenated alkanes) is 1. The maximum absolute atomic E-state index is 2.40. The SMILES string of the molecule is CCC(C)CCCC1CC(CCCC(C)C)C1.CCCC. The van der Waals surface area contributed by atoms with Crippen LogP contribution in [0.1, 0.15) is 112 Å². The van der Waals surface area contributed by atoms with E-state index in [1.807, 2.05) is 0 Å². The van der Waals surface area contributed by atoms with Gasteiger partial charge in [-0.1, -0.05) is 99.3 Å². The van der Waals surface area contributed by atoms with Crippen molar-refractivity contribution in [3.05, 3.63) is 0 Å². The first-order valence-corrected chi connectivity index (χ1v) is 10.0. The summed E-state index contributed by atoms with van der Waals surface area (Å²) in [5.41, 5.74) is 0. The predicted octanol–water partition coefficient (Wildman–Crippen LogP) is 7.86. The minimum atomic E-state index is 0.904. The Hall–Kier alpha value is 0. The highest BCUT2D eigenvalue weighted by atomic mass is 14.3. The van der Waals surface area contributed by atoms with Gasteiger partial charge in [-0.25, -0.2) is 0 Å². The molecule has 21 heavy (non-hydrogen) atoms. The summed E-state index contributed by atoms with van der Waals surface area (Å²) in [6.45, 7) is 13.8. The molecule has 1 unspecified atom stereocenters. The standard InChI is InChI=1S/C17H34.C4H10/c1-5-15(4)9-7-11-17-12-16(13-17)10-6-8-14(2)3;1-3-4-2/h14-17H,5-13H2,1-4H3;3-4H2,1-2H3. The van der Waals surface area contributed by atoms with Crippen molar-refractivity contribution < 1.29 is 0 Å². The minimum absolute atomic E-state index is 0.904. The van der Waals surface area contributed by atoms with Gasteiger partial charge in [0.15, 0.2) is 0 Å². The van der Waals surface area contributed by atoms with E-state index in [4.69, 9.17) is 0 Å². The highest BCUT2D eigenvalue weighted by Gasteiger charge is 2.27. The second-order valence-electron chi connectivity index (χ2n) is 7.97. The third kappa shape index (κ3) is 12.2. The van der Waals surface area contributed by atoms with E-state index in [2.05, 4.69) is 41.5 Å². The topological polar surface area (TPSA) is 0 Å².